The van der Waals surface area contributed by atoms with Gasteiger partial charge in [0.25, 0.3) is 5.91 Å². The molecular weight excluding hydrogens is 423 g/mol. The van der Waals surface area contributed by atoms with Crippen molar-refractivity contribution in [2.75, 3.05) is 6.61 Å². The van der Waals surface area contributed by atoms with Crippen LogP contribution in [0, 0.1) is 6.92 Å². The van der Waals surface area contributed by atoms with E-state index in [0.717, 1.165) is 12.0 Å². The normalized spacial score (nSPS) is 12.7. The number of hydrogen-bond donors (Lipinski definition) is 1. The molecule has 0 aromatic heterocycles. The zero-order valence-electron chi connectivity index (χ0n) is 17.7. The molecule has 2 rings (SSSR count). The van der Waals surface area contributed by atoms with Crippen LogP contribution < -0.4 is 10.1 Å². The standard InChI is InChI=1S/C23H28Cl2N2O3/c1-5-16(3)26-23(29)17(4)27(13-19-20(24)7-6-8-21(19)25)22(28)14-30-18-11-9-15(2)10-12-18/h6-12,16-17H,5,13-14H2,1-4H3,(H,26,29)/t16-,17+/m1/s1. The minimum atomic E-state index is -0.722. The maximum atomic E-state index is 13.0. The Balaban J connectivity index is 2.21. The predicted octanol–water partition coefficient (Wildman–Crippen LogP) is 5.01. The molecule has 0 bridgehead atoms. The zero-order valence-corrected chi connectivity index (χ0v) is 19.3. The van der Waals surface area contributed by atoms with Crippen molar-refractivity contribution in [3.63, 3.8) is 0 Å². The molecule has 0 radical (unpaired) electrons. The van der Waals surface area contributed by atoms with Gasteiger partial charge in [0, 0.05) is 28.2 Å². The Morgan fingerprint density at radius 3 is 2.23 bits per heavy atom. The first-order valence-corrected chi connectivity index (χ1v) is 10.7. The molecule has 0 spiro atoms. The first-order chi connectivity index (χ1) is 14.2. The van der Waals surface area contributed by atoms with Crippen LogP contribution in [0.4, 0.5) is 0 Å². The summed E-state index contributed by atoms with van der Waals surface area (Å²) in [5, 5.41) is 3.80. The van der Waals surface area contributed by atoms with Gasteiger partial charge >= 0.3 is 0 Å². The van der Waals surface area contributed by atoms with E-state index < -0.39 is 6.04 Å². The van der Waals surface area contributed by atoms with E-state index >= 15 is 0 Å². The Bertz CT molecular complexity index is 851. The number of rotatable bonds is 9. The molecule has 2 aromatic rings. The van der Waals surface area contributed by atoms with Crippen LogP contribution in [-0.2, 0) is 16.1 Å². The Morgan fingerprint density at radius 1 is 1.07 bits per heavy atom. The quantitative estimate of drug-likeness (QED) is 0.583. The van der Waals surface area contributed by atoms with Crippen molar-refractivity contribution in [1.29, 1.82) is 0 Å². The van der Waals surface area contributed by atoms with E-state index in [2.05, 4.69) is 5.32 Å². The van der Waals surface area contributed by atoms with E-state index in [1.807, 2.05) is 32.9 Å². The minimum Gasteiger partial charge on any atom is -0.484 e. The fourth-order valence-corrected chi connectivity index (χ4v) is 3.28. The number of aryl methyl sites for hydroxylation is 1. The molecule has 0 aliphatic rings. The molecule has 7 heteroatoms. The molecule has 0 aliphatic carbocycles. The highest BCUT2D eigenvalue weighted by molar-refractivity contribution is 6.36. The average Bonchev–Trinajstić information content (AvgIpc) is 2.72. The van der Waals surface area contributed by atoms with Crippen molar-refractivity contribution >= 4 is 35.0 Å². The molecule has 30 heavy (non-hydrogen) atoms. The second-order valence-corrected chi connectivity index (χ2v) is 8.13. The second kappa shape index (κ2) is 11.2. The van der Waals surface area contributed by atoms with Gasteiger partial charge in [0.15, 0.2) is 6.61 Å². The first kappa shape index (κ1) is 24.0. The van der Waals surface area contributed by atoms with Crippen molar-refractivity contribution in [1.82, 2.24) is 10.2 Å². The smallest absolute Gasteiger partial charge is 0.261 e. The van der Waals surface area contributed by atoms with Gasteiger partial charge in [-0.3, -0.25) is 9.59 Å². The monoisotopic (exact) mass is 450 g/mol. The highest BCUT2D eigenvalue weighted by Gasteiger charge is 2.28. The van der Waals surface area contributed by atoms with E-state index in [4.69, 9.17) is 27.9 Å². The number of ether oxygens (including phenoxy) is 1. The Hall–Kier alpha value is -2.24. The number of hydrogen-bond acceptors (Lipinski definition) is 3. The summed E-state index contributed by atoms with van der Waals surface area (Å²) in [4.78, 5) is 27.2. The molecule has 0 aliphatic heterocycles. The number of amides is 2. The summed E-state index contributed by atoms with van der Waals surface area (Å²) in [5.41, 5.74) is 1.69. The summed E-state index contributed by atoms with van der Waals surface area (Å²) >= 11 is 12.6. The SMILES string of the molecule is CC[C@@H](C)NC(=O)[C@H](C)N(Cc1c(Cl)cccc1Cl)C(=O)COc1ccc(C)cc1. The third kappa shape index (κ3) is 6.64. The van der Waals surface area contributed by atoms with Gasteiger partial charge in [0.05, 0.1) is 0 Å². The molecule has 0 unspecified atom stereocenters. The van der Waals surface area contributed by atoms with Crippen LogP contribution in [0.1, 0.15) is 38.3 Å². The van der Waals surface area contributed by atoms with Crippen LogP contribution in [0.5, 0.6) is 5.75 Å². The number of halogens is 2. The second-order valence-electron chi connectivity index (χ2n) is 7.32. The fourth-order valence-electron chi connectivity index (χ4n) is 2.76. The molecule has 2 amide bonds. The number of nitrogens with one attached hydrogen (secondary N) is 1. The number of carbonyl (C=O) groups excluding carboxylic acids is 2. The van der Waals surface area contributed by atoms with Crippen LogP contribution in [0.25, 0.3) is 0 Å². The molecule has 0 saturated carbocycles. The van der Waals surface area contributed by atoms with Gasteiger partial charge in [-0.15, -0.1) is 0 Å². The number of carbonyl (C=O) groups is 2. The van der Waals surface area contributed by atoms with Gasteiger partial charge in [-0.2, -0.15) is 0 Å². The van der Waals surface area contributed by atoms with Crippen molar-refractivity contribution in [2.45, 2.75) is 52.7 Å². The van der Waals surface area contributed by atoms with E-state index in [9.17, 15) is 9.59 Å². The van der Waals surface area contributed by atoms with E-state index in [1.165, 1.54) is 4.90 Å². The summed E-state index contributed by atoms with van der Waals surface area (Å²) in [6.07, 6.45) is 0.791. The molecule has 2 aromatic carbocycles. The zero-order chi connectivity index (χ0) is 22.3. The Morgan fingerprint density at radius 2 is 1.67 bits per heavy atom. The van der Waals surface area contributed by atoms with Crippen molar-refractivity contribution in [3.8, 4) is 5.75 Å². The van der Waals surface area contributed by atoms with Crippen molar-refractivity contribution in [2.24, 2.45) is 0 Å². The first-order valence-electron chi connectivity index (χ1n) is 9.95. The topological polar surface area (TPSA) is 58.6 Å². The number of nitrogens with zero attached hydrogens (tertiary/aromatic N) is 1. The number of benzene rings is 2. The van der Waals surface area contributed by atoms with Gasteiger partial charge in [-0.25, -0.2) is 0 Å². The van der Waals surface area contributed by atoms with Gasteiger partial charge in [0.2, 0.25) is 5.91 Å². The molecular formula is C23H28Cl2N2O3. The lowest BCUT2D eigenvalue weighted by Crippen LogP contribution is -2.50. The summed E-state index contributed by atoms with van der Waals surface area (Å²) in [6.45, 7) is 7.46. The molecule has 0 saturated heterocycles. The highest BCUT2D eigenvalue weighted by Crippen LogP contribution is 2.26. The van der Waals surface area contributed by atoms with Crippen molar-refractivity contribution < 1.29 is 14.3 Å². The third-order valence-corrected chi connectivity index (χ3v) is 5.65. The molecule has 2 atom stereocenters. The van der Waals surface area contributed by atoms with E-state index in [1.54, 1.807) is 37.3 Å². The molecule has 162 valence electrons. The van der Waals surface area contributed by atoms with Crippen LogP contribution >= 0.6 is 23.2 Å². The van der Waals surface area contributed by atoms with E-state index in [0.29, 0.717) is 21.4 Å². The van der Waals surface area contributed by atoms with Gasteiger partial charge in [0.1, 0.15) is 11.8 Å². The van der Waals surface area contributed by atoms with Crippen molar-refractivity contribution in [3.05, 3.63) is 63.6 Å². The van der Waals surface area contributed by atoms with E-state index in [-0.39, 0.29) is 31.0 Å². The molecule has 0 fully saturated rings. The van der Waals surface area contributed by atoms with Gasteiger partial charge < -0.3 is 15.0 Å². The largest absolute Gasteiger partial charge is 0.484 e. The summed E-state index contributed by atoms with van der Waals surface area (Å²) in [6, 6.07) is 11.8. The summed E-state index contributed by atoms with van der Waals surface area (Å²) in [7, 11) is 0. The maximum absolute atomic E-state index is 13.0. The average molecular weight is 451 g/mol. The minimum absolute atomic E-state index is 0.00427. The Kier molecular flexibility index (Phi) is 9.00. The summed E-state index contributed by atoms with van der Waals surface area (Å²) < 4.78 is 5.65. The fraction of sp³-hybridized carbons (Fsp3) is 0.391. The maximum Gasteiger partial charge on any atom is 0.261 e. The van der Waals surface area contributed by atoms with Crippen LogP contribution in [0.3, 0.4) is 0 Å². The van der Waals surface area contributed by atoms with Gasteiger partial charge in [-0.1, -0.05) is 53.9 Å². The van der Waals surface area contributed by atoms with Crippen LogP contribution in [0.2, 0.25) is 10.0 Å². The highest BCUT2D eigenvalue weighted by atomic mass is 35.5. The third-order valence-electron chi connectivity index (χ3n) is 4.94. The molecule has 1 N–H and O–H groups in total. The predicted molar refractivity (Wildman–Crippen MR) is 121 cm³/mol. The lowest BCUT2D eigenvalue weighted by atomic mass is 10.1. The lowest BCUT2D eigenvalue weighted by molar-refractivity contribution is -0.142. The Labute approximate surface area is 188 Å². The summed E-state index contributed by atoms with van der Waals surface area (Å²) in [5.74, 6) is 0.0101. The molecule has 0 heterocycles. The van der Waals surface area contributed by atoms with Gasteiger partial charge in [-0.05, 0) is 51.5 Å². The molecule has 5 nitrogen and oxygen atoms in total. The van der Waals surface area contributed by atoms with Crippen LogP contribution in [0.15, 0.2) is 42.5 Å². The van der Waals surface area contributed by atoms with Crippen LogP contribution in [-0.4, -0.2) is 35.4 Å². The lowest BCUT2D eigenvalue weighted by Gasteiger charge is -2.30.